The van der Waals surface area contributed by atoms with E-state index < -0.39 is 4.92 Å². The Balaban J connectivity index is 0.00000192. The molecule has 0 bridgehead atoms. The summed E-state index contributed by atoms with van der Waals surface area (Å²) in [5.41, 5.74) is 1.25. The van der Waals surface area contributed by atoms with Crippen LogP contribution in [0.1, 0.15) is 19.3 Å². The summed E-state index contributed by atoms with van der Waals surface area (Å²) in [6.45, 7) is 1.96. The Bertz CT molecular complexity index is 691. The van der Waals surface area contributed by atoms with Gasteiger partial charge in [-0.2, -0.15) is 0 Å². The van der Waals surface area contributed by atoms with Crippen molar-refractivity contribution in [1.82, 2.24) is 15.3 Å². The van der Waals surface area contributed by atoms with Crippen LogP contribution in [0.15, 0.2) is 24.4 Å². The maximum Gasteiger partial charge on any atom is 0.271 e. The third-order valence-corrected chi connectivity index (χ3v) is 4.02. The summed E-state index contributed by atoms with van der Waals surface area (Å²) < 4.78 is 0. The van der Waals surface area contributed by atoms with Crippen molar-refractivity contribution in [3.63, 3.8) is 0 Å². The molecule has 124 valence electrons. The van der Waals surface area contributed by atoms with Crippen molar-refractivity contribution in [2.75, 3.05) is 25.0 Å². The average Bonchev–Trinajstić information content (AvgIpc) is 2.54. The van der Waals surface area contributed by atoms with Crippen molar-refractivity contribution in [2.45, 2.75) is 25.3 Å². The molecule has 1 aromatic heterocycles. The van der Waals surface area contributed by atoms with Gasteiger partial charge in [0, 0.05) is 31.8 Å². The second kappa shape index (κ2) is 7.52. The molecule has 0 amide bonds. The molecule has 1 aliphatic heterocycles. The molecule has 7 nitrogen and oxygen atoms in total. The maximum absolute atomic E-state index is 10.8. The van der Waals surface area contributed by atoms with Crippen LogP contribution in [0.2, 0.25) is 0 Å². The minimum atomic E-state index is -0.421. The van der Waals surface area contributed by atoms with Gasteiger partial charge >= 0.3 is 0 Å². The fourth-order valence-corrected chi connectivity index (χ4v) is 2.79. The van der Waals surface area contributed by atoms with Gasteiger partial charge in [-0.05, 0) is 25.5 Å². The van der Waals surface area contributed by atoms with Crippen LogP contribution in [-0.2, 0) is 0 Å². The molecule has 3 rings (SSSR count). The van der Waals surface area contributed by atoms with E-state index in [1.165, 1.54) is 31.4 Å². The number of hydrogen-bond acceptors (Lipinski definition) is 6. The van der Waals surface area contributed by atoms with Gasteiger partial charge in [-0.1, -0.05) is 6.42 Å². The van der Waals surface area contributed by atoms with Crippen molar-refractivity contribution >= 4 is 34.9 Å². The van der Waals surface area contributed by atoms with E-state index >= 15 is 0 Å². The number of halogens is 1. The van der Waals surface area contributed by atoms with Crippen LogP contribution in [0.3, 0.4) is 0 Å². The molecule has 1 fully saturated rings. The summed E-state index contributed by atoms with van der Waals surface area (Å²) in [6, 6.07) is 5.04. The van der Waals surface area contributed by atoms with Crippen molar-refractivity contribution < 1.29 is 4.92 Å². The number of fused-ring (bicyclic) bond motifs is 1. The molecular formula is C15H20ClN5O2. The number of nitrogens with one attached hydrogen (secondary N) is 1. The minimum absolute atomic E-state index is 0. The van der Waals surface area contributed by atoms with E-state index in [4.69, 9.17) is 0 Å². The molecule has 2 aromatic rings. The van der Waals surface area contributed by atoms with Crippen LogP contribution in [0.5, 0.6) is 0 Å². The quantitative estimate of drug-likeness (QED) is 0.681. The molecule has 23 heavy (non-hydrogen) atoms. The van der Waals surface area contributed by atoms with E-state index in [1.54, 1.807) is 12.3 Å². The van der Waals surface area contributed by atoms with Gasteiger partial charge in [-0.3, -0.25) is 15.1 Å². The Labute approximate surface area is 140 Å². The monoisotopic (exact) mass is 337 g/mol. The van der Waals surface area contributed by atoms with Gasteiger partial charge < -0.3 is 10.2 Å². The molecule has 1 unspecified atom stereocenters. The van der Waals surface area contributed by atoms with Gasteiger partial charge in [0.2, 0.25) is 0 Å². The first kappa shape index (κ1) is 17.4. The first-order valence-electron chi connectivity index (χ1n) is 7.49. The standard InChI is InChI=1S/C15H19N5O2.ClH/c1-19(10-11-4-2-3-7-16-11)15-9-17-14-8-12(20(21)22)5-6-13(14)18-15;/h5-6,8-9,11,16H,2-4,7,10H2,1H3;1H. The largest absolute Gasteiger partial charge is 0.357 e. The van der Waals surface area contributed by atoms with Crippen LogP contribution >= 0.6 is 12.4 Å². The summed E-state index contributed by atoms with van der Waals surface area (Å²) in [7, 11) is 2.00. The van der Waals surface area contributed by atoms with E-state index in [-0.39, 0.29) is 18.1 Å². The molecule has 0 saturated carbocycles. The number of nitro groups is 1. The Hall–Kier alpha value is -1.99. The van der Waals surface area contributed by atoms with E-state index in [2.05, 4.69) is 20.2 Å². The van der Waals surface area contributed by atoms with Gasteiger partial charge in [0.15, 0.2) is 0 Å². The number of anilines is 1. The molecule has 1 saturated heterocycles. The Kier molecular flexibility index (Phi) is 5.68. The lowest BCUT2D eigenvalue weighted by Gasteiger charge is -2.28. The van der Waals surface area contributed by atoms with Crippen molar-refractivity contribution in [1.29, 1.82) is 0 Å². The second-order valence-corrected chi connectivity index (χ2v) is 5.69. The molecule has 1 atom stereocenters. The molecular weight excluding hydrogens is 318 g/mol. The minimum Gasteiger partial charge on any atom is -0.357 e. The molecule has 1 aromatic carbocycles. The Morgan fingerprint density at radius 2 is 2.22 bits per heavy atom. The zero-order valence-corrected chi connectivity index (χ0v) is 13.8. The highest BCUT2D eigenvalue weighted by Crippen LogP contribution is 2.20. The highest BCUT2D eigenvalue weighted by atomic mass is 35.5. The van der Waals surface area contributed by atoms with Gasteiger partial charge in [0.05, 0.1) is 22.2 Å². The molecule has 2 heterocycles. The zero-order chi connectivity index (χ0) is 15.5. The summed E-state index contributed by atoms with van der Waals surface area (Å²) in [5, 5.41) is 14.3. The number of aromatic nitrogens is 2. The Morgan fingerprint density at radius 3 is 2.91 bits per heavy atom. The number of rotatable bonds is 4. The van der Waals surface area contributed by atoms with Crippen LogP contribution in [-0.4, -0.2) is 41.1 Å². The lowest BCUT2D eigenvalue weighted by Crippen LogP contribution is -2.42. The number of benzene rings is 1. The molecule has 1 N–H and O–H groups in total. The summed E-state index contributed by atoms with van der Waals surface area (Å²) in [6.07, 6.45) is 5.36. The molecule has 0 radical (unpaired) electrons. The SMILES string of the molecule is CN(CC1CCCCN1)c1cnc2cc([N+](=O)[O-])ccc2n1.Cl. The van der Waals surface area contributed by atoms with Crippen molar-refractivity contribution in [3.8, 4) is 0 Å². The summed E-state index contributed by atoms with van der Waals surface area (Å²) in [5.74, 6) is 0.786. The molecule has 0 spiro atoms. The number of non-ortho nitro benzene ring substituents is 1. The zero-order valence-electron chi connectivity index (χ0n) is 12.9. The number of hydrogen-bond donors (Lipinski definition) is 1. The van der Waals surface area contributed by atoms with E-state index in [9.17, 15) is 10.1 Å². The fraction of sp³-hybridized carbons (Fsp3) is 0.467. The third-order valence-electron chi connectivity index (χ3n) is 4.02. The van der Waals surface area contributed by atoms with E-state index in [0.717, 1.165) is 18.9 Å². The van der Waals surface area contributed by atoms with Gasteiger partial charge in [-0.15, -0.1) is 12.4 Å². The van der Waals surface area contributed by atoms with Gasteiger partial charge in [0.25, 0.3) is 5.69 Å². The normalized spacial score (nSPS) is 17.5. The third kappa shape index (κ3) is 4.05. The van der Waals surface area contributed by atoms with Crippen molar-refractivity contribution in [2.24, 2.45) is 0 Å². The average molecular weight is 338 g/mol. The number of likely N-dealkylation sites (N-methyl/N-ethyl adjacent to an activating group) is 1. The van der Waals surface area contributed by atoms with E-state index in [1.807, 2.05) is 7.05 Å². The van der Waals surface area contributed by atoms with Crippen molar-refractivity contribution in [3.05, 3.63) is 34.5 Å². The van der Waals surface area contributed by atoms with Crippen LogP contribution in [0, 0.1) is 10.1 Å². The number of nitro benzene ring substituents is 1. The van der Waals surface area contributed by atoms with Crippen LogP contribution in [0.25, 0.3) is 11.0 Å². The first-order chi connectivity index (χ1) is 10.6. The summed E-state index contributed by atoms with van der Waals surface area (Å²) in [4.78, 5) is 21.3. The second-order valence-electron chi connectivity index (χ2n) is 5.69. The maximum atomic E-state index is 10.8. The predicted octanol–water partition coefficient (Wildman–Crippen LogP) is 2.54. The predicted molar refractivity (Wildman–Crippen MR) is 92.4 cm³/mol. The van der Waals surface area contributed by atoms with E-state index in [0.29, 0.717) is 17.1 Å². The smallest absolute Gasteiger partial charge is 0.271 e. The van der Waals surface area contributed by atoms with Gasteiger partial charge in [0.1, 0.15) is 5.82 Å². The summed E-state index contributed by atoms with van der Waals surface area (Å²) >= 11 is 0. The molecule has 8 heteroatoms. The lowest BCUT2D eigenvalue weighted by atomic mass is 10.0. The highest BCUT2D eigenvalue weighted by molar-refractivity contribution is 5.85. The molecule has 0 aliphatic carbocycles. The first-order valence-corrected chi connectivity index (χ1v) is 7.49. The lowest BCUT2D eigenvalue weighted by molar-refractivity contribution is -0.384. The highest BCUT2D eigenvalue weighted by Gasteiger charge is 2.16. The fourth-order valence-electron chi connectivity index (χ4n) is 2.79. The number of nitrogens with zero attached hydrogens (tertiary/aromatic N) is 4. The number of piperidine rings is 1. The Morgan fingerprint density at radius 1 is 1.39 bits per heavy atom. The van der Waals surface area contributed by atoms with Gasteiger partial charge in [-0.25, -0.2) is 4.98 Å². The van der Waals surface area contributed by atoms with Crippen LogP contribution in [0.4, 0.5) is 11.5 Å². The molecule has 1 aliphatic rings. The topological polar surface area (TPSA) is 84.2 Å². The van der Waals surface area contributed by atoms with Crippen LogP contribution < -0.4 is 10.2 Å².